The topological polar surface area (TPSA) is 67.8 Å². The number of hydrogen-bond acceptors (Lipinski definition) is 4. The minimum absolute atomic E-state index is 0.173. The van der Waals surface area contributed by atoms with Gasteiger partial charge in [-0.25, -0.2) is 10.3 Å². The predicted molar refractivity (Wildman–Crippen MR) is 77.8 cm³/mol. The van der Waals surface area contributed by atoms with Crippen LogP contribution in [0.2, 0.25) is 0 Å². The van der Waals surface area contributed by atoms with Crippen molar-refractivity contribution in [1.29, 1.82) is 0 Å². The van der Waals surface area contributed by atoms with Gasteiger partial charge in [0.2, 0.25) is 0 Å². The van der Waals surface area contributed by atoms with Gasteiger partial charge in [0.25, 0.3) is 5.91 Å². The molecule has 1 atom stereocenters. The Hall–Kier alpha value is -2.11. The van der Waals surface area contributed by atoms with Gasteiger partial charge in [-0.05, 0) is 47.9 Å². The molecule has 0 aromatic heterocycles. The van der Waals surface area contributed by atoms with E-state index < -0.39 is 0 Å². The van der Waals surface area contributed by atoms with Gasteiger partial charge in [-0.3, -0.25) is 4.79 Å². The highest BCUT2D eigenvalue weighted by molar-refractivity contribution is 6.06. The molecule has 0 bridgehead atoms. The number of amides is 1. The van der Waals surface area contributed by atoms with Crippen molar-refractivity contribution in [3.63, 3.8) is 0 Å². The number of hydrogen-bond donors (Lipinski definition) is 2. The van der Waals surface area contributed by atoms with Gasteiger partial charge in [0.15, 0.2) is 6.29 Å². The van der Waals surface area contributed by atoms with E-state index in [9.17, 15) is 9.90 Å². The molecule has 2 aromatic carbocycles. The molecule has 1 saturated heterocycles. The lowest BCUT2D eigenvalue weighted by atomic mass is 10.0. The molecule has 0 spiro atoms. The van der Waals surface area contributed by atoms with Gasteiger partial charge in [-0.1, -0.05) is 12.1 Å². The van der Waals surface area contributed by atoms with Crippen molar-refractivity contribution in [3.05, 3.63) is 42.0 Å². The van der Waals surface area contributed by atoms with Crippen LogP contribution in [0.5, 0.6) is 5.75 Å². The first-order valence-corrected chi connectivity index (χ1v) is 7.03. The monoisotopic (exact) mass is 287 g/mol. The second-order valence-electron chi connectivity index (χ2n) is 5.06. The number of fused-ring (bicyclic) bond motifs is 1. The standard InChI is InChI=1S/C16H17NO4/c18-12-7-8-13-11(10-12)4-3-5-14(13)16(19)17-21-15-6-1-2-9-20-15/h3-5,7-8,10,15,18H,1-2,6,9H2,(H,17,19). The summed E-state index contributed by atoms with van der Waals surface area (Å²) in [5.74, 6) is -0.146. The van der Waals surface area contributed by atoms with E-state index in [0.29, 0.717) is 12.2 Å². The van der Waals surface area contributed by atoms with Crippen molar-refractivity contribution in [1.82, 2.24) is 5.48 Å². The van der Waals surface area contributed by atoms with E-state index in [1.54, 1.807) is 30.3 Å². The van der Waals surface area contributed by atoms with E-state index in [1.165, 1.54) is 0 Å². The minimum atomic E-state index is -0.373. The van der Waals surface area contributed by atoms with Crippen molar-refractivity contribution in [2.24, 2.45) is 0 Å². The predicted octanol–water partition coefficient (Wildman–Crippen LogP) is 2.73. The molecular weight excluding hydrogens is 270 g/mol. The summed E-state index contributed by atoms with van der Waals surface area (Å²) >= 11 is 0. The lowest BCUT2D eigenvalue weighted by Gasteiger charge is -2.22. The zero-order valence-electron chi connectivity index (χ0n) is 11.5. The van der Waals surface area contributed by atoms with Gasteiger partial charge in [0.1, 0.15) is 5.75 Å². The summed E-state index contributed by atoms with van der Waals surface area (Å²) in [5.41, 5.74) is 2.95. The highest BCUT2D eigenvalue weighted by Gasteiger charge is 2.17. The Labute approximate surface area is 122 Å². The molecular formula is C16H17NO4. The number of aromatic hydroxyl groups is 1. The van der Waals surface area contributed by atoms with Gasteiger partial charge in [-0.2, -0.15) is 0 Å². The van der Waals surface area contributed by atoms with Crippen molar-refractivity contribution < 1.29 is 19.5 Å². The Kier molecular flexibility index (Phi) is 4.03. The summed E-state index contributed by atoms with van der Waals surface area (Å²) in [4.78, 5) is 17.5. The number of hydroxylamine groups is 1. The van der Waals surface area contributed by atoms with Gasteiger partial charge in [0, 0.05) is 18.6 Å². The molecule has 1 aliphatic heterocycles. The average Bonchev–Trinajstić information content (AvgIpc) is 2.52. The molecule has 21 heavy (non-hydrogen) atoms. The van der Waals surface area contributed by atoms with Crippen LogP contribution >= 0.6 is 0 Å². The summed E-state index contributed by atoms with van der Waals surface area (Å²) in [5, 5.41) is 11.1. The van der Waals surface area contributed by atoms with E-state index in [2.05, 4.69) is 5.48 Å². The van der Waals surface area contributed by atoms with E-state index in [4.69, 9.17) is 9.57 Å². The fraction of sp³-hybridized carbons (Fsp3) is 0.312. The van der Waals surface area contributed by atoms with Crippen LogP contribution in [0.3, 0.4) is 0 Å². The molecule has 5 nitrogen and oxygen atoms in total. The first-order valence-electron chi connectivity index (χ1n) is 7.03. The summed E-state index contributed by atoms with van der Waals surface area (Å²) in [6.07, 6.45) is 2.47. The number of carbonyl (C=O) groups is 1. The fourth-order valence-electron chi connectivity index (χ4n) is 2.45. The molecule has 1 aliphatic rings. The quantitative estimate of drug-likeness (QED) is 0.852. The van der Waals surface area contributed by atoms with Gasteiger partial charge in [0.05, 0.1) is 0 Å². The summed E-state index contributed by atoms with van der Waals surface area (Å²) < 4.78 is 5.40. The van der Waals surface area contributed by atoms with Crippen molar-refractivity contribution in [2.75, 3.05) is 6.61 Å². The van der Waals surface area contributed by atoms with Crippen LogP contribution in [0, 0.1) is 0 Å². The molecule has 1 heterocycles. The lowest BCUT2D eigenvalue weighted by Crippen LogP contribution is -2.33. The summed E-state index contributed by atoms with van der Waals surface area (Å²) in [6, 6.07) is 10.2. The average molecular weight is 287 g/mol. The Balaban J connectivity index is 1.75. The van der Waals surface area contributed by atoms with Crippen molar-refractivity contribution in [2.45, 2.75) is 25.6 Å². The van der Waals surface area contributed by atoms with Crippen LogP contribution in [0.4, 0.5) is 0 Å². The number of nitrogens with one attached hydrogen (secondary N) is 1. The van der Waals surface area contributed by atoms with Crippen molar-refractivity contribution in [3.8, 4) is 5.75 Å². The van der Waals surface area contributed by atoms with Crippen LogP contribution in [0.15, 0.2) is 36.4 Å². The molecule has 0 radical (unpaired) electrons. The van der Waals surface area contributed by atoms with E-state index >= 15 is 0 Å². The molecule has 2 N–H and O–H groups in total. The SMILES string of the molecule is O=C(NOC1CCCCO1)c1cccc2cc(O)ccc12. The Bertz CT molecular complexity index is 650. The number of ether oxygens (including phenoxy) is 1. The molecule has 1 unspecified atom stereocenters. The van der Waals surface area contributed by atoms with Crippen molar-refractivity contribution >= 4 is 16.7 Å². The molecule has 0 saturated carbocycles. The maximum atomic E-state index is 12.2. The third kappa shape index (κ3) is 3.15. The molecule has 1 amide bonds. The van der Waals surface area contributed by atoms with Crippen LogP contribution in [-0.2, 0) is 9.57 Å². The van der Waals surface area contributed by atoms with E-state index in [1.807, 2.05) is 6.07 Å². The van der Waals surface area contributed by atoms with E-state index in [-0.39, 0.29) is 17.9 Å². The first-order chi connectivity index (χ1) is 10.2. The maximum Gasteiger partial charge on any atom is 0.275 e. The highest BCUT2D eigenvalue weighted by atomic mass is 16.8. The molecule has 1 fully saturated rings. The molecule has 2 aromatic rings. The zero-order chi connectivity index (χ0) is 14.7. The minimum Gasteiger partial charge on any atom is -0.508 e. The number of phenolic OH excluding ortho intramolecular Hbond substituents is 1. The summed E-state index contributed by atoms with van der Waals surface area (Å²) in [6.45, 7) is 0.661. The number of phenols is 1. The normalized spacial score (nSPS) is 18.6. The van der Waals surface area contributed by atoms with Gasteiger partial charge >= 0.3 is 0 Å². The highest BCUT2D eigenvalue weighted by Crippen LogP contribution is 2.23. The number of carbonyl (C=O) groups excluding carboxylic acids is 1. The lowest BCUT2D eigenvalue weighted by molar-refractivity contribution is -0.186. The van der Waals surface area contributed by atoms with Crippen LogP contribution < -0.4 is 5.48 Å². The summed E-state index contributed by atoms with van der Waals surface area (Å²) in [7, 11) is 0. The third-order valence-electron chi connectivity index (χ3n) is 3.53. The van der Waals surface area contributed by atoms with Crippen LogP contribution in [-0.4, -0.2) is 23.9 Å². The zero-order valence-corrected chi connectivity index (χ0v) is 11.5. The smallest absolute Gasteiger partial charge is 0.275 e. The third-order valence-corrected chi connectivity index (χ3v) is 3.53. The van der Waals surface area contributed by atoms with Crippen LogP contribution in [0.1, 0.15) is 29.6 Å². The Morgan fingerprint density at radius 3 is 3.00 bits per heavy atom. The number of rotatable bonds is 3. The first kappa shape index (κ1) is 13.9. The largest absolute Gasteiger partial charge is 0.508 e. The van der Waals surface area contributed by atoms with Crippen LogP contribution in [0.25, 0.3) is 10.8 Å². The van der Waals surface area contributed by atoms with E-state index in [0.717, 1.165) is 30.0 Å². The molecule has 5 heteroatoms. The Morgan fingerprint density at radius 2 is 2.19 bits per heavy atom. The van der Waals surface area contributed by atoms with Gasteiger partial charge in [-0.15, -0.1) is 0 Å². The molecule has 3 rings (SSSR count). The number of benzene rings is 2. The second kappa shape index (κ2) is 6.11. The molecule has 0 aliphatic carbocycles. The maximum absolute atomic E-state index is 12.2. The Morgan fingerprint density at radius 1 is 1.29 bits per heavy atom. The fourth-order valence-corrected chi connectivity index (χ4v) is 2.45. The van der Waals surface area contributed by atoms with Gasteiger partial charge < -0.3 is 9.84 Å². The second-order valence-corrected chi connectivity index (χ2v) is 5.06. The molecule has 110 valence electrons.